The Labute approximate surface area is 212 Å². The summed E-state index contributed by atoms with van der Waals surface area (Å²) in [4.78, 5) is 15.4. The Hall–Kier alpha value is -3.91. The van der Waals surface area contributed by atoms with Crippen molar-refractivity contribution in [1.82, 2.24) is 15.0 Å². The Morgan fingerprint density at radius 2 is 2.03 bits per heavy atom. The summed E-state index contributed by atoms with van der Waals surface area (Å²) in [6.07, 6.45) is 11.2. The van der Waals surface area contributed by atoms with E-state index in [1.165, 1.54) is 0 Å². The van der Waals surface area contributed by atoms with Gasteiger partial charge in [0.25, 0.3) is 0 Å². The summed E-state index contributed by atoms with van der Waals surface area (Å²) in [5, 5.41) is 3.30. The normalized spacial score (nSPS) is 16.0. The molecule has 8 heteroatoms. The summed E-state index contributed by atoms with van der Waals surface area (Å²) in [6.45, 7) is 5.83. The molecule has 1 aromatic carbocycles. The van der Waals surface area contributed by atoms with E-state index in [0.717, 1.165) is 55.1 Å². The van der Waals surface area contributed by atoms with E-state index < -0.39 is 0 Å². The fraction of sp³-hybridized carbons (Fsp3) is 0.321. The quantitative estimate of drug-likeness (QED) is 0.338. The zero-order chi connectivity index (χ0) is 25.3. The minimum atomic E-state index is 0.221. The van der Waals surface area contributed by atoms with Gasteiger partial charge in [-0.15, -0.1) is 0 Å². The number of anilines is 4. The molecule has 4 rings (SSSR count). The highest BCUT2D eigenvalue weighted by Gasteiger charge is 2.25. The molecule has 1 atom stereocenters. The van der Waals surface area contributed by atoms with Crippen molar-refractivity contribution in [2.45, 2.75) is 39.2 Å². The Morgan fingerprint density at radius 3 is 2.81 bits per heavy atom. The van der Waals surface area contributed by atoms with Crippen LogP contribution in [0, 0.1) is 0 Å². The molecule has 0 radical (unpaired) electrons. The minimum absolute atomic E-state index is 0.221. The molecule has 0 aliphatic carbocycles. The lowest BCUT2D eigenvalue weighted by atomic mass is 10.2. The lowest BCUT2D eigenvalue weighted by Crippen LogP contribution is -2.32. The van der Waals surface area contributed by atoms with Gasteiger partial charge in [0.15, 0.2) is 0 Å². The van der Waals surface area contributed by atoms with Crippen LogP contribution in [0.25, 0.3) is 5.57 Å². The smallest absolute Gasteiger partial charge is 0.222 e. The maximum absolute atomic E-state index is 6.04. The third kappa shape index (κ3) is 6.60. The van der Waals surface area contributed by atoms with Gasteiger partial charge in [-0.05, 0) is 62.1 Å². The van der Waals surface area contributed by atoms with Gasteiger partial charge in [0.1, 0.15) is 11.6 Å². The second-order valence-corrected chi connectivity index (χ2v) is 8.73. The molecule has 0 saturated carbocycles. The first-order chi connectivity index (χ1) is 17.6. The van der Waals surface area contributed by atoms with Crippen LogP contribution in [0.2, 0.25) is 0 Å². The van der Waals surface area contributed by atoms with Crippen molar-refractivity contribution in [1.29, 1.82) is 0 Å². The van der Waals surface area contributed by atoms with Crippen LogP contribution in [0.5, 0.6) is 11.6 Å². The summed E-state index contributed by atoms with van der Waals surface area (Å²) in [6, 6.07) is 13.9. The standard InChI is InChI=1S/C28H34N6O2/c1-4-5-6-8-20(2)25-18-26(33-28(29)32-25)31-21-10-12-24(13-11-21)36-27-17-22(14-15-30-27)34-16-7-9-23(34)19-35-3/h5-6,8,10-15,17-18,23H,4,7,9,16,19H2,1-3H3,(H3,29,31,32,33)/b6-5-,20-8+. The number of methoxy groups -OCH3 is 1. The molecule has 0 spiro atoms. The molecule has 8 nitrogen and oxygen atoms in total. The van der Waals surface area contributed by atoms with Gasteiger partial charge in [0, 0.05) is 43.4 Å². The van der Waals surface area contributed by atoms with Crippen molar-refractivity contribution in [3.8, 4) is 11.6 Å². The lowest BCUT2D eigenvalue weighted by Gasteiger charge is -2.26. The molecule has 0 bridgehead atoms. The molecule has 2 aromatic heterocycles. The van der Waals surface area contributed by atoms with Gasteiger partial charge < -0.3 is 25.4 Å². The fourth-order valence-corrected chi connectivity index (χ4v) is 4.22. The number of nitrogens with one attached hydrogen (secondary N) is 1. The maximum Gasteiger partial charge on any atom is 0.222 e. The summed E-state index contributed by atoms with van der Waals surface area (Å²) in [5.41, 5.74) is 9.71. The Kier molecular flexibility index (Phi) is 8.52. The molecular formula is C28H34N6O2. The first-order valence-corrected chi connectivity index (χ1v) is 12.3. The molecule has 3 heterocycles. The van der Waals surface area contributed by atoms with Gasteiger partial charge in [-0.3, -0.25) is 0 Å². The van der Waals surface area contributed by atoms with Crippen LogP contribution in [-0.4, -0.2) is 41.3 Å². The largest absolute Gasteiger partial charge is 0.439 e. The predicted molar refractivity (Wildman–Crippen MR) is 146 cm³/mol. The highest BCUT2D eigenvalue weighted by Crippen LogP contribution is 2.30. The summed E-state index contributed by atoms with van der Waals surface area (Å²) in [7, 11) is 1.75. The molecule has 36 heavy (non-hydrogen) atoms. The topological polar surface area (TPSA) is 98.4 Å². The first kappa shape index (κ1) is 25.2. The number of allylic oxidation sites excluding steroid dienone is 4. The average Bonchev–Trinajstić information content (AvgIpc) is 3.34. The van der Waals surface area contributed by atoms with Crippen molar-refractivity contribution >= 4 is 28.7 Å². The summed E-state index contributed by atoms with van der Waals surface area (Å²) >= 11 is 0. The summed E-state index contributed by atoms with van der Waals surface area (Å²) in [5.74, 6) is 2.11. The van der Waals surface area contributed by atoms with Crippen LogP contribution in [0.1, 0.15) is 38.8 Å². The van der Waals surface area contributed by atoms with Gasteiger partial charge in [0.2, 0.25) is 11.8 Å². The zero-order valence-corrected chi connectivity index (χ0v) is 21.1. The number of hydrogen-bond donors (Lipinski definition) is 2. The van der Waals surface area contributed by atoms with Crippen LogP contribution in [0.15, 0.2) is 66.9 Å². The second kappa shape index (κ2) is 12.2. The number of nitrogen functional groups attached to an aromatic ring is 1. The van der Waals surface area contributed by atoms with E-state index in [1.807, 2.05) is 61.5 Å². The van der Waals surface area contributed by atoms with Gasteiger partial charge in [-0.25, -0.2) is 9.97 Å². The number of ether oxygens (including phenoxy) is 2. The number of aromatic nitrogens is 3. The van der Waals surface area contributed by atoms with E-state index in [-0.39, 0.29) is 5.95 Å². The van der Waals surface area contributed by atoms with Gasteiger partial charge in [-0.2, -0.15) is 4.98 Å². The van der Waals surface area contributed by atoms with Crippen LogP contribution in [-0.2, 0) is 4.74 Å². The minimum Gasteiger partial charge on any atom is -0.439 e. The second-order valence-electron chi connectivity index (χ2n) is 8.73. The van der Waals surface area contributed by atoms with E-state index >= 15 is 0 Å². The molecule has 1 aliphatic heterocycles. The van der Waals surface area contributed by atoms with E-state index in [2.05, 4.69) is 38.2 Å². The van der Waals surface area contributed by atoms with Crippen molar-refractivity contribution in [2.24, 2.45) is 0 Å². The highest BCUT2D eigenvalue weighted by atomic mass is 16.5. The van der Waals surface area contributed by atoms with Gasteiger partial charge in [-0.1, -0.05) is 25.2 Å². The third-order valence-corrected chi connectivity index (χ3v) is 6.00. The number of hydrogen-bond acceptors (Lipinski definition) is 8. The molecule has 1 fully saturated rings. The Morgan fingerprint density at radius 1 is 1.19 bits per heavy atom. The van der Waals surface area contributed by atoms with Crippen molar-refractivity contribution in [3.63, 3.8) is 0 Å². The summed E-state index contributed by atoms with van der Waals surface area (Å²) < 4.78 is 11.4. The zero-order valence-electron chi connectivity index (χ0n) is 21.1. The van der Waals surface area contributed by atoms with Crippen LogP contribution < -0.4 is 20.7 Å². The monoisotopic (exact) mass is 486 g/mol. The maximum atomic E-state index is 6.04. The highest BCUT2D eigenvalue weighted by molar-refractivity contribution is 5.67. The van der Waals surface area contributed by atoms with Crippen molar-refractivity contribution < 1.29 is 9.47 Å². The number of benzene rings is 1. The van der Waals surface area contributed by atoms with Crippen LogP contribution in [0.4, 0.5) is 23.1 Å². The average molecular weight is 487 g/mol. The van der Waals surface area contributed by atoms with Crippen molar-refractivity contribution in [3.05, 3.63) is 72.6 Å². The van der Waals surface area contributed by atoms with E-state index in [4.69, 9.17) is 15.2 Å². The predicted octanol–water partition coefficient (Wildman–Crippen LogP) is 5.97. The molecule has 188 valence electrons. The molecule has 3 aromatic rings. The number of rotatable bonds is 10. The molecule has 1 aliphatic rings. The Bertz CT molecular complexity index is 1210. The lowest BCUT2D eigenvalue weighted by molar-refractivity contribution is 0.181. The van der Waals surface area contributed by atoms with Crippen LogP contribution in [0.3, 0.4) is 0 Å². The van der Waals surface area contributed by atoms with Crippen LogP contribution >= 0.6 is 0 Å². The first-order valence-electron chi connectivity index (χ1n) is 12.3. The SMILES string of the molecule is CC/C=C\C=C(/C)c1cc(Nc2ccc(Oc3cc(N4CCCC4COC)ccn3)cc2)nc(N)n1. The number of nitrogens with zero attached hydrogens (tertiary/aromatic N) is 4. The van der Waals surface area contributed by atoms with Gasteiger partial charge >= 0.3 is 0 Å². The van der Waals surface area contributed by atoms with E-state index in [9.17, 15) is 0 Å². The fourth-order valence-electron chi connectivity index (χ4n) is 4.22. The molecule has 3 N–H and O–H groups in total. The number of pyridine rings is 1. The van der Waals surface area contributed by atoms with Gasteiger partial charge in [0.05, 0.1) is 18.3 Å². The molecule has 0 amide bonds. The van der Waals surface area contributed by atoms with E-state index in [0.29, 0.717) is 23.5 Å². The molecule has 1 unspecified atom stereocenters. The van der Waals surface area contributed by atoms with E-state index in [1.54, 1.807) is 13.3 Å². The Balaban J connectivity index is 1.43. The molecule has 1 saturated heterocycles. The van der Waals surface area contributed by atoms with Crippen molar-refractivity contribution in [2.75, 3.05) is 36.2 Å². The molecular weight excluding hydrogens is 452 g/mol. The third-order valence-electron chi connectivity index (χ3n) is 6.00. The number of nitrogens with two attached hydrogens (primary N) is 1.